The van der Waals surface area contributed by atoms with Gasteiger partial charge in [0, 0.05) is 20.0 Å². The van der Waals surface area contributed by atoms with E-state index in [1.165, 1.54) is 5.56 Å². The minimum absolute atomic E-state index is 0.0411. The van der Waals surface area contributed by atoms with Crippen molar-refractivity contribution in [2.45, 2.75) is 33.7 Å². The molecule has 0 spiro atoms. The van der Waals surface area contributed by atoms with Gasteiger partial charge in [0.15, 0.2) is 0 Å². The second-order valence-electron chi connectivity index (χ2n) is 8.11. The Bertz CT molecular complexity index is 1020. The van der Waals surface area contributed by atoms with Crippen LogP contribution in [0.5, 0.6) is 5.75 Å². The Balaban J connectivity index is 1.84. The van der Waals surface area contributed by atoms with Gasteiger partial charge in [0.25, 0.3) is 0 Å². The Hall–Kier alpha value is -2.49. The Kier molecular flexibility index (Phi) is 3.53. The van der Waals surface area contributed by atoms with Crippen molar-refractivity contribution in [3.05, 3.63) is 52.4 Å². The van der Waals surface area contributed by atoms with E-state index < -0.39 is 0 Å². The molecule has 0 bridgehead atoms. The van der Waals surface area contributed by atoms with Gasteiger partial charge in [-0.25, -0.2) is 4.79 Å². The first-order valence-corrected chi connectivity index (χ1v) is 8.79. The Morgan fingerprint density at radius 1 is 1.04 bits per heavy atom. The molecular formula is C21H24N2O2. The summed E-state index contributed by atoms with van der Waals surface area (Å²) in [4.78, 5) is 12.7. The maximum atomic E-state index is 12.7. The van der Waals surface area contributed by atoms with Crippen LogP contribution >= 0.6 is 0 Å². The predicted octanol–water partition coefficient (Wildman–Crippen LogP) is 3.99. The summed E-state index contributed by atoms with van der Waals surface area (Å²) in [5.41, 5.74) is 5.55. The van der Waals surface area contributed by atoms with Gasteiger partial charge in [-0.2, -0.15) is 0 Å². The Morgan fingerprint density at radius 3 is 2.52 bits per heavy atom. The van der Waals surface area contributed by atoms with Gasteiger partial charge >= 0.3 is 5.69 Å². The summed E-state index contributed by atoms with van der Waals surface area (Å²) in [5, 5.41) is 0. The van der Waals surface area contributed by atoms with Crippen molar-refractivity contribution >= 4 is 11.0 Å². The van der Waals surface area contributed by atoms with Crippen LogP contribution in [0.3, 0.4) is 0 Å². The standard InChI is InChI=1S/C21H24N2O2/c1-21(2,3)13-23-17-8-7-15(11-18(17)22(4)20(23)24)16-6-5-14-9-10-25-19(14)12-16/h5-8,11-12H,9-10,13H2,1-4H3. The lowest BCUT2D eigenvalue weighted by atomic mass is 9.97. The minimum atomic E-state index is 0.0411. The fraction of sp³-hybridized carbons (Fsp3) is 0.381. The molecule has 0 radical (unpaired) electrons. The zero-order valence-corrected chi connectivity index (χ0v) is 15.3. The lowest BCUT2D eigenvalue weighted by Crippen LogP contribution is -2.27. The quantitative estimate of drug-likeness (QED) is 0.709. The van der Waals surface area contributed by atoms with Crippen LogP contribution in [0, 0.1) is 5.41 Å². The number of hydrogen-bond donors (Lipinski definition) is 0. The Labute approximate surface area is 147 Å². The summed E-state index contributed by atoms with van der Waals surface area (Å²) >= 11 is 0. The molecule has 0 saturated carbocycles. The second kappa shape index (κ2) is 5.51. The molecule has 1 aromatic heterocycles. The van der Waals surface area contributed by atoms with E-state index in [1.54, 1.807) is 4.57 Å². The van der Waals surface area contributed by atoms with Gasteiger partial charge in [0.2, 0.25) is 0 Å². The smallest absolute Gasteiger partial charge is 0.328 e. The molecule has 1 aliphatic rings. The third-order valence-electron chi connectivity index (χ3n) is 4.81. The molecule has 1 aliphatic heterocycles. The lowest BCUT2D eigenvalue weighted by molar-refractivity contribution is 0.342. The summed E-state index contributed by atoms with van der Waals surface area (Å²) < 4.78 is 9.31. The molecule has 2 heterocycles. The Morgan fingerprint density at radius 2 is 1.76 bits per heavy atom. The number of nitrogens with zero attached hydrogens (tertiary/aromatic N) is 2. The summed E-state index contributed by atoms with van der Waals surface area (Å²) in [6.07, 6.45) is 0.985. The average molecular weight is 336 g/mol. The van der Waals surface area contributed by atoms with E-state index in [1.807, 2.05) is 11.6 Å². The summed E-state index contributed by atoms with van der Waals surface area (Å²) in [6.45, 7) is 7.92. The van der Waals surface area contributed by atoms with Crippen molar-refractivity contribution < 1.29 is 4.74 Å². The van der Waals surface area contributed by atoms with E-state index in [0.29, 0.717) is 6.54 Å². The van der Waals surface area contributed by atoms with Crippen LogP contribution in [-0.2, 0) is 20.0 Å². The molecule has 3 aromatic rings. The number of benzene rings is 2. The van der Waals surface area contributed by atoms with E-state index in [-0.39, 0.29) is 11.1 Å². The molecular weight excluding hydrogens is 312 g/mol. The molecule has 0 fully saturated rings. The van der Waals surface area contributed by atoms with Crippen molar-refractivity contribution in [2.75, 3.05) is 6.61 Å². The predicted molar refractivity (Wildman–Crippen MR) is 101 cm³/mol. The molecule has 0 atom stereocenters. The number of aryl methyl sites for hydroxylation is 1. The summed E-state index contributed by atoms with van der Waals surface area (Å²) in [5.74, 6) is 0.983. The van der Waals surface area contributed by atoms with Gasteiger partial charge in [-0.05, 0) is 40.3 Å². The van der Waals surface area contributed by atoms with Crippen molar-refractivity contribution in [3.8, 4) is 16.9 Å². The van der Waals surface area contributed by atoms with Crippen LogP contribution in [0.1, 0.15) is 26.3 Å². The van der Waals surface area contributed by atoms with Crippen LogP contribution < -0.4 is 10.4 Å². The molecule has 4 rings (SSSR count). The number of imidazole rings is 1. The maximum Gasteiger partial charge on any atom is 0.328 e. The van der Waals surface area contributed by atoms with Crippen LogP contribution in [0.4, 0.5) is 0 Å². The minimum Gasteiger partial charge on any atom is -0.493 e. The number of hydrogen-bond acceptors (Lipinski definition) is 2. The zero-order valence-electron chi connectivity index (χ0n) is 15.3. The fourth-order valence-electron chi connectivity index (χ4n) is 3.56. The van der Waals surface area contributed by atoms with Crippen LogP contribution in [-0.4, -0.2) is 15.7 Å². The number of rotatable bonds is 2. The highest BCUT2D eigenvalue weighted by Crippen LogP contribution is 2.32. The topological polar surface area (TPSA) is 36.2 Å². The first kappa shape index (κ1) is 16.0. The first-order valence-electron chi connectivity index (χ1n) is 8.79. The summed E-state index contributed by atoms with van der Waals surface area (Å²) in [6, 6.07) is 12.6. The van der Waals surface area contributed by atoms with Crippen molar-refractivity contribution in [1.29, 1.82) is 0 Å². The number of ether oxygens (including phenoxy) is 1. The first-order chi connectivity index (χ1) is 11.8. The fourth-order valence-corrected chi connectivity index (χ4v) is 3.56. The highest BCUT2D eigenvalue weighted by atomic mass is 16.5. The zero-order chi connectivity index (χ0) is 17.8. The molecule has 0 N–H and O–H groups in total. The average Bonchev–Trinajstić information content (AvgIpc) is 3.12. The SMILES string of the molecule is Cn1c(=O)n(CC(C)(C)C)c2ccc(-c3ccc4c(c3)OCC4)cc21. The van der Waals surface area contributed by atoms with Crippen molar-refractivity contribution in [3.63, 3.8) is 0 Å². The molecule has 130 valence electrons. The van der Waals surface area contributed by atoms with E-state index in [2.05, 4.69) is 57.2 Å². The third kappa shape index (κ3) is 2.76. The van der Waals surface area contributed by atoms with Crippen LogP contribution in [0.15, 0.2) is 41.2 Å². The van der Waals surface area contributed by atoms with Crippen LogP contribution in [0.25, 0.3) is 22.2 Å². The van der Waals surface area contributed by atoms with E-state index >= 15 is 0 Å². The molecule has 0 amide bonds. The molecule has 0 saturated heterocycles. The number of aromatic nitrogens is 2. The number of fused-ring (bicyclic) bond motifs is 2. The lowest BCUT2D eigenvalue weighted by Gasteiger charge is -2.18. The maximum absolute atomic E-state index is 12.7. The largest absolute Gasteiger partial charge is 0.493 e. The third-order valence-corrected chi connectivity index (χ3v) is 4.81. The molecule has 25 heavy (non-hydrogen) atoms. The highest BCUT2D eigenvalue weighted by molar-refractivity contribution is 5.83. The summed E-state index contributed by atoms with van der Waals surface area (Å²) in [7, 11) is 1.85. The van der Waals surface area contributed by atoms with E-state index in [4.69, 9.17) is 4.74 Å². The highest BCUT2D eigenvalue weighted by Gasteiger charge is 2.18. The monoisotopic (exact) mass is 336 g/mol. The normalized spacial score (nSPS) is 13.9. The van der Waals surface area contributed by atoms with Gasteiger partial charge in [-0.1, -0.05) is 39.0 Å². The second-order valence-corrected chi connectivity index (χ2v) is 8.11. The molecule has 2 aromatic carbocycles. The van der Waals surface area contributed by atoms with Gasteiger partial charge in [-0.3, -0.25) is 9.13 Å². The molecule has 0 aliphatic carbocycles. The van der Waals surface area contributed by atoms with Gasteiger partial charge < -0.3 is 4.74 Å². The van der Waals surface area contributed by atoms with Crippen LogP contribution in [0.2, 0.25) is 0 Å². The van der Waals surface area contributed by atoms with Crippen molar-refractivity contribution in [2.24, 2.45) is 12.5 Å². The van der Waals surface area contributed by atoms with Gasteiger partial charge in [-0.15, -0.1) is 0 Å². The van der Waals surface area contributed by atoms with E-state index in [0.717, 1.165) is 40.9 Å². The molecule has 4 nitrogen and oxygen atoms in total. The van der Waals surface area contributed by atoms with Gasteiger partial charge in [0.1, 0.15) is 5.75 Å². The van der Waals surface area contributed by atoms with Gasteiger partial charge in [0.05, 0.1) is 17.6 Å². The van der Waals surface area contributed by atoms with E-state index in [9.17, 15) is 4.79 Å². The molecule has 0 unspecified atom stereocenters. The van der Waals surface area contributed by atoms with Crippen molar-refractivity contribution in [1.82, 2.24) is 9.13 Å². The molecule has 4 heteroatoms.